The van der Waals surface area contributed by atoms with E-state index in [1.54, 1.807) is 25.2 Å². The first-order valence-electron chi connectivity index (χ1n) is 7.03. The lowest BCUT2D eigenvalue weighted by Crippen LogP contribution is -2.47. The summed E-state index contributed by atoms with van der Waals surface area (Å²) in [6.45, 7) is 5.40. The summed E-state index contributed by atoms with van der Waals surface area (Å²) in [7, 11) is 2.55. The maximum Gasteiger partial charge on any atom is 0.324 e. The van der Waals surface area contributed by atoms with Gasteiger partial charge in [0.2, 0.25) is 0 Å². The third kappa shape index (κ3) is 3.64. The molecule has 0 fully saturated rings. The summed E-state index contributed by atoms with van der Waals surface area (Å²) in [6.07, 6.45) is 5.26. The first-order chi connectivity index (χ1) is 10.5. The van der Waals surface area contributed by atoms with Crippen LogP contribution in [-0.2, 0) is 25.5 Å². The van der Waals surface area contributed by atoms with Crippen molar-refractivity contribution in [3.8, 4) is 0 Å². The smallest absolute Gasteiger partial charge is 0.324 e. The zero-order valence-corrected chi connectivity index (χ0v) is 13.2. The highest BCUT2D eigenvalue weighted by atomic mass is 16.5. The van der Waals surface area contributed by atoms with E-state index in [4.69, 9.17) is 9.47 Å². The molecule has 0 aromatic heterocycles. The molecule has 1 aromatic rings. The highest BCUT2D eigenvalue weighted by Crippen LogP contribution is 2.36. The zero-order chi connectivity index (χ0) is 16.6. The van der Waals surface area contributed by atoms with Crippen molar-refractivity contribution in [2.24, 2.45) is 11.3 Å². The van der Waals surface area contributed by atoms with Gasteiger partial charge in [0.25, 0.3) is 0 Å². The fraction of sp³-hybridized carbons (Fsp3) is 0.333. The topological polar surface area (TPSA) is 52.6 Å². The van der Waals surface area contributed by atoms with E-state index < -0.39 is 23.3 Å². The van der Waals surface area contributed by atoms with Gasteiger partial charge in [-0.25, -0.2) is 0 Å². The highest BCUT2D eigenvalue weighted by Gasteiger charge is 2.51. The van der Waals surface area contributed by atoms with E-state index in [2.05, 4.69) is 6.58 Å². The molecule has 1 unspecified atom stereocenters. The van der Waals surface area contributed by atoms with E-state index in [-0.39, 0.29) is 6.42 Å². The average Bonchev–Trinajstić information content (AvgIpc) is 2.56. The fourth-order valence-corrected chi connectivity index (χ4v) is 2.45. The molecule has 22 heavy (non-hydrogen) atoms. The minimum absolute atomic E-state index is 0.204. The van der Waals surface area contributed by atoms with Gasteiger partial charge in [-0.05, 0) is 12.0 Å². The molecule has 1 atom stereocenters. The molecule has 0 aliphatic rings. The number of carbonyl (C=O) groups excluding carboxylic acids is 2. The van der Waals surface area contributed by atoms with Gasteiger partial charge >= 0.3 is 11.9 Å². The molecule has 0 bridgehead atoms. The third-order valence-corrected chi connectivity index (χ3v) is 3.74. The molecule has 0 saturated carbocycles. The van der Waals surface area contributed by atoms with Crippen LogP contribution in [0.2, 0.25) is 0 Å². The van der Waals surface area contributed by atoms with Crippen LogP contribution in [0, 0.1) is 11.3 Å². The van der Waals surface area contributed by atoms with Gasteiger partial charge in [-0.1, -0.05) is 62.1 Å². The van der Waals surface area contributed by atoms with Crippen molar-refractivity contribution < 1.29 is 19.1 Å². The van der Waals surface area contributed by atoms with E-state index in [0.29, 0.717) is 0 Å². The van der Waals surface area contributed by atoms with Crippen LogP contribution in [0.1, 0.15) is 12.5 Å². The second-order valence-electron chi connectivity index (χ2n) is 5.03. The van der Waals surface area contributed by atoms with Crippen LogP contribution >= 0.6 is 0 Å². The maximum absolute atomic E-state index is 12.5. The van der Waals surface area contributed by atoms with Crippen molar-refractivity contribution in [2.45, 2.75) is 13.3 Å². The second kappa shape index (κ2) is 8.17. The lowest BCUT2D eigenvalue weighted by molar-refractivity contribution is -0.172. The highest BCUT2D eigenvalue weighted by molar-refractivity contribution is 6.01. The van der Waals surface area contributed by atoms with Gasteiger partial charge in [0.1, 0.15) is 0 Å². The van der Waals surface area contributed by atoms with Crippen LogP contribution in [0.15, 0.2) is 55.1 Å². The molecule has 1 rings (SSSR count). The minimum atomic E-state index is -1.43. The maximum atomic E-state index is 12.5. The van der Waals surface area contributed by atoms with Crippen LogP contribution in [0.3, 0.4) is 0 Å². The number of carbonyl (C=O) groups is 2. The normalized spacial score (nSPS) is 12.7. The minimum Gasteiger partial charge on any atom is -0.468 e. The molecule has 118 valence electrons. The lowest BCUT2D eigenvalue weighted by Gasteiger charge is -2.32. The van der Waals surface area contributed by atoms with Crippen LogP contribution in [0.25, 0.3) is 0 Å². The number of benzene rings is 1. The third-order valence-electron chi connectivity index (χ3n) is 3.74. The Morgan fingerprint density at radius 1 is 1.18 bits per heavy atom. The second-order valence-corrected chi connectivity index (χ2v) is 5.03. The van der Waals surface area contributed by atoms with Gasteiger partial charge in [0.15, 0.2) is 5.41 Å². The molecule has 0 radical (unpaired) electrons. The Hall–Kier alpha value is -2.36. The Balaban J connectivity index is 3.37. The molecule has 0 heterocycles. The number of rotatable bonds is 7. The molecule has 0 aliphatic carbocycles. The Labute approximate surface area is 131 Å². The molecule has 1 aromatic carbocycles. The Morgan fingerprint density at radius 3 is 2.18 bits per heavy atom. The van der Waals surface area contributed by atoms with Crippen molar-refractivity contribution in [1.29, 1.82) is 0 Å². The average molecular weight is 302 g/mol. The summed E-state index contributed by atoms with van der Waals surface area (Å²) in [5.41, 5.74) is -0.568. The molecular weight excluding hydrogens is 280 g/mol. The summed E-state index contributed by atoms with van der Waals surface area (Å²) in [5.74, 6) is -1.63. The Kier molecular flexibility index (Phi) is 6.57. The summed E-state index contributed by atoms with van der Waals surface area (Å²) < 4.78 is 9.83. The summed E-state index contributed by atoms with van der Waals surface area (Å²) >= 11 is 0. The standard InChI is InChI=1S/C18H22O4/c1-5-6-10-14(2)18(16(19)21-3,17(20)22-4)13-15-11-8-7-9-12-15/h5-12,14H,1,13H2,2-4H3/b10-6+. The largest absolute Gasteiger partial charge is 0.468 e. The number of ether oxygens (including phenoxy) is 2. The molecule has 0 aliphatic heterocycles. The van der Waals surface area contributed by atoms with E-state index in [1.165, 1.54) is 14.2 Å². The predicted molar refractivity (Wildman–Crippen MR) is 85.1 cm³/mol. The predicted octanol–water partition coefficient (Wildman–Crippen LogP) is 2.94. The lowest BCUT2D eigenvalue weighted by atomic mass is 9.71. The van der Waals surface area contributed by atoms with Crippen molar-refractivity contribution >= 4 is 11.9 Å². The fourth-order valence-electron chi connectivity index (χ4n) is 2.45. The van der Waals surface area contributed by atoms with Crippen molar-refractivity contribution in [3.05, 3.63) is 60.7 Å². The molecule has 0 N–H and O–H groups in total. The monoisotopic (exact) mass is 302 g/mol. The van der Waals surface area contributed by atoms with Gasteiger partial charge in [-0.2, -0.15) is 0 Å². The van der Waals surface area contributed by atoms with Gasteiger partial charge in [0, 0.05) is 5.92 Å². The first kappa shape index (κ1) is 17.7. The van der Waals surface area contributed by atoms with Crippen LogP contribution < -0.4 is 0 Å². The molecule has 4 nitrogen and oxygen atoms in total. The van der Waals surface area contributed by atoms with Crippen molar-refractivity contribution in [1.82, 2.24) is 0 Å². The van der Waals surface area contributed by atoms with E-state index in [0.717, 1.165) is 5.56 Å². The van der Waals surface area contributed by atoms with Crippen LogP contribution in [0.5, 0.6) is 0 Å². The Morgan fingerprint density at radius 2 is 1.73 bits per heavy atom. The van der Waals surface area contributed by atoms with Gasteiger partial charge < -0.3 is 9.47 Å². The molecule has 4 heteroatoms. The van der Waals surface area contributed by atoms with Crippen LogP contribution in [0.4, 0.5) is 0 Å². The van der Waals surface area contributed by atoms with E-state index in [1.807, 2.05) is 30.3 Å². The number of hydrogen-bond donors (Lipinski definition) is 0. The molecule has 0 saturated heterocycles. The van der Waals surface area contributed by atoms with E-state index >= 15 is 0 Å². The van der Waals surface area contributed by atoms with Crippen LogP contribution in [-0.4, -0.2) is 26.2 Å². The number of allylic oxidation sites excluding steroid dienone is 3. The molecular formula is C18H22O4. The summed E-state index contributed by atoms with van der Waals surface area (Å²) in [5, 5.41) is 0. The quantitative estimate of drug-likeness (QED) is 0.441. The number of hydrogen-bond acceptors (Lipinski definition) is 4. The summed E-state index contributed by atoms with van der Waals surface area (Å²) in [6, 6.07) is 9.33. The van der Waals surface area contributed by atoms with Gasteiger partial charge in [-0.3, -0.25) is 9.59 Å². The first-order valence-corrected chi connectivity index (χ1v) is 7.03. The number of esters is 2. The molecule has 0 amide bonds. The number of methoxy groups -OCH3 is 2. The van der Waals surface area contributed by atoms with Crippen molar-refractivity contribution in [3.63, 3.8) is 0 Å². The van der Waals surface area contributed by atoms with Gasteiger partial charge in [0.05, 0.1) is 14.2 Å². The van der Waals surface area contributed by atoms with E-state index in [9.17, 15) is 9.59 Å². The summed E-state index contributed by atoms with van der Waals surface area (Å²) in [4.78, 5) is 24.9. The Bertz CT molecular complexity index is 529. The SMILES string of the molecule is C=C/C=C/C(C)C(Cc1ccccc1)(C(=O)OC)C(=O)OC. The van der Waals surface area contributed by atoms with Gasteiger partial charge in [-0.15, -0.1) is 0 Å². The van der Waals surface area contributed by atoms with Crippen molar-refractivity contribution in [2.75, 3.05) is 14.2 Å². The molecule has 0 spiro atoms. The zero-order valence-electron chi connectivity index (χ0n) is 13.2.